The minimum atomic E-state index is -0.739. The van der Waals surface area contributed by atoms with Gasteiger partial charge in [0.1, 0.15) is 5.69 Å². The highest BCUT2D eigenvalue weighted by molar-refractivity contribution is 7.99. The van der Waals surface area contributed by atoms with E-state index < -0.39 is 12.6 Å². The molecule has 1 aliphatic rings. The van der Waals surface area contributed by atoms with Crippen LogP contribution in [0.1, 0.15) is 16.1 Å². The summed E-state index contributed by atoms with van der Waals surface area (Å²) in [6.07, 6.45) is 0. The molecule has 5 aromatic rings. The fraction of sp³-hybridized carbons (Fsp3) is 0.0938. The largest absolute Gasteiger partial charge is 0.451 e. The maximum absolute atomic E-state index is 13.6. The van der Waals surface area contributed by atoms with Crippen molar-refractivity contribution >= 4 is 45.8 Å². The van der Waals surface area contributed by atoms with Gasteiger partial charge in [0.05, 0.1) is 11.4 Å². The molecule has 0 atom stereocenters. The number of fused-ring (bicyclic) bond motifs is 3. The molecule has 6 rings (SSSR count). The molecule has 4 aromatic carbocycles. The SMILES string of the molecule is Cc1ccc(-c2c(C(=O)OCC(=O)N3c4ccccc4Sc4ccccc43)n(C)c(=O)c3ccccc23)cc1. The first kappa shape index (κ1) is 24.7. The number of rotatable bonds is 4. The third kappa shape index (κ3) is 4.30. The molecule has 1 amide bonds. The molecule has 6 nitrogen and oxygen atoms in total. The fourth-order valence-electron chi connectivity index (χ4n) is 4.95. The minimum absolute atomic E-state index is 0.102. The molecule has 192 valence electrons. The third-order valence-corrected chi connectivity index (χ3v) is 7.98. The number of hydrogen-bond donors (Lipinski definition) is 0. The van der Waals surface area contributed by atoms with Gasteiger partial charge in [-0.1, -0.05) is 84.1 Å². The highest BCUT2D eigenvalue weighted by Gasteiger charge is 2.30. The van der Waals surface area contributed by atoms with Crippen LogP contribution in [0.25, 0.3) is 21.9 Å². The molecule has 0 aliphatic carbocycles. The predicted octanol–water partition coefficient (Wildman–Crippen LogP) is 6.50. The topological polar surface area (TPSA) is 68.6 Å². The normalized spacial score (nSPS) is 12.1. The second kappa shape index (κ2) is 9.93. The van der Waals surface area contributed by atoms with Gasteiger partial charge < -0.3 is 9.30 Å². The van der Waals surface area contributed by atoms with Crippen LogP contribution in [0.3, 0.4) is 0 Å². The number of ether oxygens (including phenoxy) is 1. The van der Waals surface area contributed by atoms with Crippen LogP contribution in [0.2, 0.25) is 0 Å². The van der Waals surface area contributed by atoms with Crippen LogP contribution in [-0.4, -0.2) is 23.1 Å². The summed E-state index contributed by atoms with van der Waals surface area (Å²) in [5.74, 6) is -1.12. The number of para-hydroxylation sites is 2. The average molecular weight is 533 g/mol. The van der Waals surface area contributed by atoms with E-state index in [2.05, 4.69) is 0 Å². The smallest absolute Gasteiger partial charge is 0.356 e. The molecule has 1 aliphatic heterocycles. The summed E-state index contributed by atoms with van der Waals surface area (Å²) >= 11 is 1.59. The molecule has 39 heavy (non-hydrogen) atoms. The zero-order chi connectivity index (χ0) is 27.1. The predicted molar refractivity (Wildman–Crippen MR) is 154 cm³/mol. The van der Waals surface area contributed by atoms with Crippen LogP contribution in [0.5, 0.6) is 0 Å². The van der Waals surface area contributed by atoms with Gasteiger partial charge in [0.25, 0.3) is 11.5 Å². The van der Waals surface area contributed by atoms with Crippen molar-refractivity contribution in [3.05, 3.63) is 119 Å². The Morgan fingerprint density at radius 1 is 0.769 bits per heavy atom. The second-order valence-electron chi connectivity index (χ2n) is 9.34. The number of benzene rings is 4. The standard InChI is InChI=1S/C32H24N2O4S/c1-20-15-17-21(18-16-20)29-22-9-3-4-10-23(22)31(36)33(2)30(29)32(37)38-19-28(35)34-24-11-5-7-13-26(24)39-27-14-8-6-12-25(27)34/h3-18H,19H2,1-2H3. The van der Waals surface area contributed by atoms with Crippen LogP contribution in [0.4, 0.5) is 11.4 Å². The molecular formula is C32H24N2O4S. The Labute approximate surface area is 229 Å². The van der Waals surface area contributed by atoms with Gasteiger partial charge in [-0.2, -0.15) is 0 Å². The highest BCUT2D eigenvalue weighted by Crippen LogP contribution is 2.47. The monoisotopic (exact) mass is 532 g/mol. The summed E-state index contributed by atoms with van der Waals surface area (Å²) < 4.78 is 6.96. The van der Waals surface area contributed by atoms with Crippen molar-refractivity contribution in [1.29, 1.82) is 0 Å². The van der Waals surface area contributed by atoms with Gasteiger partial charge in [-0.3, -0.25) is 14.5 Å². The van der Waals surface area contributed by atoms with Crippen molar-refractivity contribution in [2.75, 3.05) is 11.5 Å². The second-order valence-corrected chi connectivity index (χ2v) is 10.4. The molecule has 7 heteroatoms. The Hall–Kier alpha value is -4.62. The molecule has 0 fully saturated rings. The zero-order valence-electron chi connectivity index (χ0n) is 21.4. The highest BCUT2D eigenvalue weighted by atomic mass is 32.2. The van der Waals surface area contributed by atoms with E-state index in [4.69, 9.17) is 4.74 Å². The first-order chi connectivity index (χ1) is 18.9. The first-order valence-electron chi connectivity index (χ1n) is 12.5. The Morgan fingerprint density at radius 3 is 1.97 bits per heavy atom. The summed E-state index contributed by atoms with van der Waals surface area (Å²) in [6.45, 7) is 1.50. The fourth-order valence-corrected chi connectivity index (χ4v) is 6.01. The maximum atomic E-state index is 13.6. The van der Waals surface area contributed by atoms with Gasteiger partial charge >= 0.3 is 5.97 Å². The number of nitrogens with zero attached hydrogens (tertiary/aromatic N) is 2. The lowest BCUT2D eigenvalue weighted by atomic mass is 9.96. The van der Waals surface area contributed by atoms with Crippen LogP contribution in [0, 0.1) is 6.92 Å². The first-order valence-corrected chi connectivity index (χ1v) is 13.3. The van der Waals surface area contributed by atoms with Crippen molar-refractivity contribution in [2.24, 2.45) is 7.05 Å². The van der Waals surface area contributed by atoms with Crippen molar-refractivity contribution < 1.29 is 14.3 Å². The number of carbonyl (C=O) groups excluding carboxylic acids is 2. The molecule has 2 heterocycles. The molecule has 0 radical (unpaired) electrons. The van der Waals surface area contributed by atoms with E-state index >= 15 is 0 Å². The number of aromatic nitrogens is 1. The zero-order valence-corrected chi connectivity index (χ0v) is 22.2. The number of aryl methyl sites for hydroxylation is 1. The average Bonchev–Trinajstić information content (AvgIpc) is 2.96. The minimum Gasteiger partial charge on any atom is -0.451 e. The van der Waals surface area contributed by atoms with Crippen molar-refractivity contribution in [2.45, 2.75) is 16.7 Å². The molecule has 1 aromatic heterocycles. The van der Waals surface area contributed by atoms with E-state index in [9.17, 15) is 14.4 Å². The lowest BCUT2D eigenvalue weighted by molar-refractivity contribution is -0.121. The molecule has 0 saturated carbocycles. The lowest BCUT2D eigenvalue weighted by Crippen LogP contribution is -2.33. The van der Waals surface area contributed by atoms with E-state index in [1.54, 1.807) is 35.8 Å². The molecule has 0 bridgehead atoms. The Balaban J connectivity index is 1.39. The van der Waals surface area contributed by atoms with Crippen LogP contribution < -0.4 is 10.5 Å². The van der Waals surface area contributed by atoms with Crippen molar-refractivity contribution in [3.63, 3.8) is 0 Å². The van der Waals surface area contributed by atoms with E-state index in [1.807, 2.05) is 91.9 Å². The number of esters is 1. The lowest BCUT2D eigenvalue weighted by Gasteiger charge is -2.30. The van der Waals surface area contributed by atoms with Gasteiger partial charge in [-0.05, 0) is 48.2 Å². The van der Waals surface area contributed by atoms with Gasteiger partial charge in [-0.25, -0.2) is 4.79 Å². The third-order valence-electron chi connectivity index (χ3n) is 6.85. The molecule has 0 saturated heterocycles. The number of amides is 1. The molecular weight excluding hydrogens is 508 g/mol. The Kier molecular flexibility index (Phi) is 6.29. The van der Waals surface area contributed by atoms with Gasteiger partial charge in [0.15, 0.2) is 6.61 Å². The number of hydrogen-bond acceptors (Lipinski definition) is 5. The molecule has 0 spiro atoms. The summed E-state index contributed by atoms with van der Waals surface area (Å²) in [5.41, 5.74) is 3.71. The summed E-state index contributed by atoms with van der Waals surface area (Å²) in [6, 6.07) is 30.2. The summed E-state index contributed by atoms with van der Waals surface area (Å²) in [5, 5.41) is 1.15. The quantitative estimate of drug-likeness (QED) is 0.247. The van der Waals surface area contributed by atoms with E-state index in [1.165, 1.54) is 4.57 Å². The van der Waals surface area contributed by atoms with Gasteiger partial charge in [0.2, 0.25) is 0 Å². The van der Waals surface area contributed by atoms with E-state index in [0.29, 0.717) is 16.3 Å². The number of carbonyl (C=O) groups is 2. The van der Waals surface area contributed by atoms with Crippen molar-refractivity contribution in [3.8, 4) is 11.1 Å². The van der Waals surface area contributed by atoms with Gasteiger partial charge in [-0.15, -0.1) is 0 Å². The van der Waals surface area contributed by atoms with Crippen molar-refractivity contribution in [1.82, 2.24) is 4.57 Å². The van der Waals surface area contributed by atoms with Gasteiger partial charge in [0, 0.05) is 27.8 Å². The molecule has 0 N–H and O–H groups in total. The summed E-state index contributed by atoms with van der Waals surface area (Å²) in [4.78, 5) is 43.9. The van der Waals surface area contributed by atoms with Crippen LogP contribution >= 0.6 is 11.8 Å². The van der Waals surface area contributed by atoms with Crippen LogP contribution in [0.15, 0.2) is 112 Å². The molecule has 0 unspecified atom stereocenters. The summed E-state index contributed by atoms with van der Waals surface area (Å²) in [7, 11) is 1.55. The number of pyridine rings is 1. The maximum Gasteiger partial charge on any atom is 0.356 e. The Morgan fingerprint density at radius 2 is 1.33 bits per heavy atom. The number of anilines is 2. The van der Waals surface area contributed by atoms with E-state index in [0.717, 1.165) is 32.3 Å². The van der Waals surface area contributed by atoms with Crippen LogP contribution in [-0.2, 0) is 16.6 Å². The van der Waals surface area contributed by atoms with E-state index in [-0.39, 0.29) is 17.2 Å². The Bertz CT molecular complexity index is 1780.